The number of nitrogens with zero attached hydrogens (tertiary/aromatic N) is 5. The number of aromatic hydroxyl groups is 1. The van der Waals surface area contributed by atoms with Crippen LogP contribution in [-0.4, -0.2) is 40.7 Å². The van der Waals surface area contributed by atoms with Crippen molar-refractivity contribution in [2.45, 2.75) is 31.6 Å². The van der Waals surface area contributed by atoms with Gasteiger partial charge in [-0.05, 0) is 42.7 Å². The SMILES string of the molecule is O=c1[nH]c(O)c(/C=c2\cnn3c(=NC4CC4)nc(NCc4cc(F)ccc4C(F)(F)F)nc23)[nH]1. The van der Waals surface area contributed by atoms with Gasteiger partial charge in [-0.15, -0.1) is 0 Å². The van der Waals surface area contributed by atoms with Crippen molar-refractivity contribution in [1.82, 2.24) is 29.5 Å². The molecule has 1 aliphatic rings. The fourth-order valence-corrected chi connectivity index (χ4v) is 3.32. The molecule has 10 nitrogen and oxygen atoms in total. The van der Waals surface area contributed by atoms with Crippen molar-refractivity contribution < 1.29 is 22.7 Å². The summed E-state index contributed by atoms with van der Waals surface area (Å²) < 4.78 is 54.9. The van der Waals surface area contributed by atoms with Gasteiger partial charge < -0.3 is 15.4 Å². The van der Waals surface area contributed by atoms with E-state index < -0.39 is 29.8 Å². The van der Waals surface area contributed by atoms with Gasteiger partial charge in [0.15, 0.2) is 5.65 Å². The minimum atomic E-state index is -4.66. The predicted octanol–water partition coefficient (Wildman–Crippen LogP) is 1.23. The molecule has 1 saturated carbocycles. The first-order valence-electron chi connectivity index (χ1n) is 10.1. The molecule has 0 aliphatic heterocycles. The van der Waals surface area contributed by atoms with Gasteiger partial charge in [-0.2, -0.15) is 32.8 Å². The maximum Gasteiger partial charge on any atom is 0.416 e. The van der Waals surface area contributed by atoms with Gasteiger partial charge in [-0.3, -0.25) is 4.98 Å². The molecule has 0 unspecified atom stereocenters. The lowest BCUT2D eigenvalue weighted by molar-refractivity contribution is -0.138. The number of fused-ring (bicyclic) bond motifs is 1. The molecule has 0 radical (unpaired) electrons. The molecular formula is C20H16F4N8O2. The van der Waals surface area contributed by atoms with E-state index in [1.807, 2.05) is 0 Å². The summed E-state index contributed by atoms with van der Waals surface area (Å²) >= 11 is 0. The minimum Gasteiger partial charge on any atom is -0.493 e. The van der Waals surface area contributed by atoms with Crippen molar-refractivity contribution in [2.75, 3.05) is 5.32 Å². The van der Waals surface area contributed by atoms with E-state index in [9.17, 15) is 27.5 Å². The van der Waals surface area contributed by atoms with Crippen molar-refractivity contribution in [3.63, 3.8) is 0 Å². The molecule has 4 N–H and O–H groups in total. The molecule has 4 aromatic rings. The highest BCUT2D eigenvalue weighted by Crippen LogP contribution is 2.32. The van der Waals surface area contributed by atoms with Gasteiger partial charge in [0.2, 0.25) is 11.8 Å². The van der Waals surface area contributed by atoms with Gasteiger partial charge >= 0.3 is 11.9 Å². The molecule has 5 rings (SSSR count). The van der Waals surface area contributed by atoms with Crippen molar-refractivity contribution in [3.05, 3.63) is 68.4 Å². The van der Waals surface area contributed by atoms with E-state index in [1.54, 1.807) is 0 Å². The van der Waals surface area contributed by atoms with Crippen LogP contribution >= 0.6 is 0 Å². The Balaban J connectivity index is 1.58. The lowest BCUT2D eigenvalue weighted by Crippen LogP contribution is -2.25. The fraction of sp³-hybridized carbons (Fsp3) is 0.250. The van der Waals surface area contributed by atoms with Crippen LogP contribution in [0, 0.1) is 5.82 Å². The topological polar surface area (TPSA) is 136 Å². The van der Waals surface area contributed by atoms with Gasteiger partial charge in [0.05, 0.1) is 17.8 Å². The third-order valence-corrected chi connectivity index (χ3v) is 5.07. The van der Waals surface area contributed by atoms with Gasteiger partial charge in [-0.25, -0.2) is 14.2 Å². The van der Waals surface area contributed by atoms with Crippen LogP contribution in [0.5, 0.6) is 5.88 Å². The predicted molar refractivity (Wildman–Crippen MR) is 110 cm³/mol. The molecule has 3 heterocycles. The molecule has 0 saturated heterocycles. The lowest BCUT2D eigenvalue weighted by Gasteiger charge is -2.13. The number of hydrogen-bond acceptors (Lipinski definition) is 7. The first-order chi connectivity index (χ1) is 16.2. The summed E-state index contributed by atoms with van der Waals surface area (Å²) in [7, 11) is 0. The number of H-pyrrole nitrogens is 2. The lowest BCUT2D eigenvalue weighted by atomic mass is 10.1. The van der Waals surface area contributed by atoms with Crippen molar-refractivity contribution in [2.24, 2.45) is 4.99 Å². The average molecular weight is 476 g/mol. The minimum absolute atomic E-state index is 0.0488. The van der Waals surface area contributed by atoms with E-state index in [2.05, 4.69) is 35.3 Å². The highest BCUT2D eigenvalue weighted by Gasteiger charge is 2.33. The number of aromatic nitrogens is 6. The number of anilines is 1. The zero-order valence-corrected chi connectivity index (χ0v) is 17.2. The normalized spacial score (nSPS) is 15.4. The molecule has 0 amide bonds. The highest BCUT2D eigenvalue weighted by atomic mass is 19.4. The summed E-state index contributed by atoms with van der Waals surface area (Å²) in [5.74, 6) is -1.24. The zero-order chi connectivity index (χ0) is 24.0. The van der Waals surface area contributed by atoms with Crippen LogP contribution in [0.15, 0.2) is 34.2 Å². The quantitative estimate of drug-likeness (QED) is 0.320. The summed E-state index contributed by atoms with van der Waals surface area (Å²) in [6.07, 6.45) is -0.0954. The van der Waals surface area contributed by atoms with Gasteiger partial charge in [0.1, 0.15) is 11.5 Å². The summed E-state index contributed by atoms with van der Waals surface area (Å²) in [6.45, 7) is -0.398. The van der Waals surface area contributed by atoms with Crippen LogP contribution in [0.1, 0.15) is 29.7 Å². The first kappa shape index (κ1) is 21.6. The van der Waals surface area contributed by atoms with Crippen LogP contribution < -0.4 is 21.8 Å². The number of hydrogen-bond donors (Lipinski definition) is 4. The van der Waals surface area contributed by atoms with Gasteiger partial charge in [0, 0.05) is 11.8 Å². The maximum atomic E-state index is 13.6. The Kier molecular flexibility index (Phi) is 5.06. The van der Waals surface area contributed by atoms with Crippen LogP contribution in [0.3, 0.4) is 0 Å². The van der Waals surface area contributed by atoms with Crippen LogP contribution in [0.25, 0.3) is 11.7 Å². The Bertz CT molecular complexity index is 1570. The number of imidazole rings is 1. The number of benzene rings is 1. The van der Waals surface area contributed by atoms with E-state index in [0.29, 0.717) is 11.3 Å². The number of alkyl halides is 3. The summed E-state index contributed by atoms with van der Waals surface area (Å²) in [4.78, 5) is 29.1. The Hall–Kier alpha value is -4.23. The van der Waals surface area contributed by atoms with Crippen LogP contribution in [-0.2, 0) is 12.7 Å². The largest absolute Gasteiger partial charge is 0.493 e. The first-order valence-corrected chi connectivity index (χ1v) is 10.1. The maximum absolute atomic E-state index is 13.6. The van der Waals surface area contributed by atoms with E-state index in [-0.39, 0.29) is 40.4 Å². The van der Waals surface area contributed by atoms with Crippen molar-refractivity contribution >= 4 is 17.7 Å². The number of aromatic amines is 2. The van der Waals surface area contributed by atoms with E-state index in [4.69, 9.17) is 0 Å². The Morgan fingerprint density at radius 3 is 2.74 bits per heavy atom. The second kappa shape index (κ2) is 7.97. The average Bonchev–Trinajstić information content (AvgIpc) is 3.40. The molecule has 1 fully saturated rings. The Labute approximate surface area is 186 Å². The smallest absolute Gasteiger partial charge is 0.416 e. The van der Waals surface area contributed by atoms with Crippen LogP contribution in [0.2, 0.25) is 0 Å². The van der Waals surface area contributed by atoms with Gasteiger partial charge in [0.25, 0.3) is 5.62 Å². The summed E-state index contributed by atoms with van der Waals surface area (Å²) in [5.41, 5.74) is -1.41. The van der Waals surface area contributed by atoms with Gasteiger partial charge in [-0.1, -0.05) is 0 Å². The van der Waals surface area contributed by atoms with Crippen molar-refractivity contribution in [1.29, 1.82) is 0 Å². The third-order valence-electron chi connectivity index (χ3n) is 5.07. The second-order valence-electron chi connectivity index (χ2n) is 7.68. The van der Waals surface area contributed by atoms with E-state index >= 15 is 0 Å². The van der Waals surface area contributed by atoms with Crippen LogP contribution in [0.4, 0.5) is 23.5 Å². The monoisotopic (exact) mass is 476 g/mol. The molecule has 14 heteroatoms. The zero-order valence-electron chi connectivity index (χ0n) is 17.2. The molecule has 1 aromatic carbocycles. The molecule has 0 atom stereocenters. The number of rotatable bonds is 5. The molecule has 0 bridgehead atoms. The summed E-state index contributed by atoms with van der Waals surface area (Å²) in [5, 5.41) is 17.1. The fourth-order valence-electron chi connectivity index (χ4n) is 3.32. The van der Waals surface area contributed by atoms with Crippen molar-refractivity contribution in [3.8, 4) is 5.88 Å². The highest BCUT2D eigenvalue weighted by molar-refractivity contribution is 5.57. The molecule has 3 aromatic heterocycles. The molecule has 176 valence electrons. The number of nitrogens with one attached hydrogen (secondary N) is 3. The molecule has 34 heavy (non-hydrogen) atoms. The Morgan fingerprint density at radius 1 is 1.26 bits per heavy atom. The Morgan fingerprint density at radius 2 is 2.06 bits per heavy atom. The molecular weight excluding hydrogens is 460 g/mol. The summed E-state index contributed by atoms with van der Waals surface area (Å²) in [6, 6.07) is 2.27. The molecule has 1 aliphatic carbocycles. The van der Waals surface area contributed by atoms with E-state index in [0.717, 1.165) is 25.0 Å². The number of halogens is 4. The molecule has 0 spiro atoms. The van der Waals surface area contributed by atoms with E-state index in [1.165, 1.54) is 16.8 Å². The second-order valence-corrected chi connectivity index (χ2v) is 7.68. The third kappa shape index (κ3) is 4.33. The standard InChI is InChI=1S/C20H16F4N8O2/c21-11-1-4-13(20(22,23)24)9(5-11)7-25-17-29-15-10(6-14-16(33)30-19(34)28-14)8-26-32(15)18(31-17)27-12-2-3-12/h1,4-6,8,12,33H,2-3,7H2,(H,25,27,31)(H2,28,30,34)/b10-6+.